The predicted octanol–water partition coefficient (Wildman–Crippen LogP) is 2.24. The van der Waals surface area contributed by atoms with Crippen molar-refractivity contribution in [1.29, 1.82) is 5.26 Å². The monoisotopic (exact) mass is 268 g/mol. The predicted molar refractivity (Wildman–Crippen MR) is 62.6 cm³/mol. The van der Waals surface area contributed by atoms with Gasteiger partial charge >= 0.3 is 0 Å². The van der Waals surface area contributed by atoms with Crippen LogP contribution in [0.1, 0.15) is 12.5 Å². The fraction of sp³-hybridized carbons (Fsp3) is 0.364. The number of nitriles is 1. The largest absolute Gasteiger partial charge is 0.479 e. The molecule has 3 nitrogen and oxygen atoms in total. The van der Waals surface area contributed by atoms with Gasteiger partial charge < -0.3 is 10.5 Å². The number of nitrogens with two attached hydrogens (primary N) is 1. The van der Waals surface area contributed by atoms with Gasteiger partial charge in [0, 0.05) is 10.5 Å². The van der Waals surface area contributed by atoms with Crippen molar-refractivity contribution in [1.82, 2.24) is 0 Å². The Morgan fingerprint density at radius 1 is 1.60 bits per heavy atom. The molecule has 1 aromatic rings. The molecule has 0 amide bonds. The lowest BCUT2D eigenvalue weighted by Gasteiger charge is -2.09. The first-order chi connectivity index (χ1) is 7.13. The Morgan fingerprint density at radius 2 is 2.33 bits per heavy atom. The molecule has 15 heavy (non-hydrogen) atoms. The van der Waals surface area contributed by atoms with Crippen molar-refractivity contribution in [3.05, 3.63) is 28.2 Å². The molecule has 0 aliphatic heterocycles. The highest BCUT2D eigenvalue weighted by Crippen LogP contribution is 2.23. The number of nitrogens with zero attached hydrogens (tertiary/aromatic N) is 1. The van der Waals surface area contributed by atoms with Crippen LogP contribution in [0.2, 0.25) is 0 Å². The van der Waals surface area contributed by atoms with Crippen molar-refractivity contribution in [3.63, 3.8) is 0 Å². The molecular weight excluding hydrogens is 256 g/mol. The minimum absolute atomic E-state index is 0.0687. The van der Waals surface area contributed by atoms with Crippen molar-refractivity contribution in [3.8, 4) is 11.8 Å². The second-order valence-corrected chi connectivity index (χ2v) is 4.24. The maximum atomic E-state index is 8.39. The zero-order chi connectivity index (χ0) is 11.3. The van der Waals surface area contributed by atoms with Gasteiger partial charge in [-0.2, -0.15) is 5.26 Å². The molecule has 1 aromatic carbocycles. The quantitative estimate of drug-likeness (QED) is 0.911. The van der Waals surface area contributed by atoms with Crippen molar-refractivity contribution < 1.29 is 4.74 Å². The van der Waals surface area contributed by atoms with Crippen LogP contribution in [-0.4, -0.2) is 12.6 Å². The van der Waals surface area contributed by atoms with E-state index in [2.05, 4.69) is 15.9 Å². The molecule has 1 unspecified atom stereocenters. The molecule has 0 radical (unpaired) electrons. The molecule has 0 saturated carbocycles. The molecule has 0 aliphatic rings. The lowest BCUT2D eigenvalue weighted by Crippen LogP contribution is -2.18. The van der Waals surface area contributed by atoms with E-state index < -0.39 is 0 Å². The van der Waals surface area contributed by atoms with Gasteiger partial charge in [-0.25, -0.2) is 0 Å². The van der Waals surface area contributed by atoms with Crippen molar-refractivity contribution >= 4 is 15.9 Å². The van der Waals surface area contributed by atoms with Gasteiger partial charge in [-0.05, 0) is 37.1 Å². The summed E-state index contributed by atoms with van der Waals surface area (Å²) in [6.07, 6.45) is 0.782. The van der Waals surface area contributed by atoms with E-state index in [1.165, 1.54) is 0 Å². The molecule has 0 spiro atoms. The third-order valence-corrected chi connectivity index (χ3v) is 2.64. The van der Waals surface area contributed by atoms with Crippen LogP contribution >= 0.6 is 15.9 Å². The van der Waals surface area contributed by atoms with E-state index in [4.69, 9.17) is 15.7 Å². The summed E-state index contributed by atoms with van der Waals surface area (Å²) < 4.78 is 6.23. The summed E-state index contributed by atoms with van der Waals surface area (Å²) in [7, 11) is 0. The Bertz CT molecular complexity index is 371. The second-order valence-electron chi connectivity index (χ2n) is 3.38. The molecule has 0 aromatic heterocycles. The summed E-state index contributed by atoms with van der Waals surface area (Å²) >= 11 is 3.45. The molecule has 1 atom stereocenters. The van der Waals surface area contributed by atoms with Crippen LogP contribution < -0.4 is 10.5 Å². The van der Waals surface area contributed by atoms with E-state index in [0.717, 1.165) is 16.5 Å². The Morgan fingerprint density at radius 3 is 2.93 bits per heavy atom. The van der Waals surface area contributed by atoms with Crippen LogP contribution in [0, 0.1) is 11.3 Å². The minimum atomic E-state index is 0.0687. The first-order valence-electron chi connectivity index (χ1n) is 4.67. The van der Waals surface area contributed by atoms with E-state index in [1.54, 1.807) is 0 Å². The molecule has 2 N–H and O–H groups in total. The molecule has 1 rings (SSSR count). The summed E-state index contributed by atoms with van der Waals surface area (Å²) in [5.74, 6) is 0.704. The number of rotatable bonds is 4. The molecular formula is C11H13BrN2O. The maximum Gasteiger partial charge on any atom is 0.174 e. The van der Waals surface area contributed by atoms with Gasteiger partial charge in [0.15, 0.2) is 6.61 Å². The summed E-state index contributed by atoms with van der Waals surface area (Å²) in [4.78, 5) is 0. The Kier molecular flexibility index (Phi) is 4.60. The Labute approximate surface area is 98.0 Å². The molecule has 0 saturated heterocycles. The lowest BCUT2D eigenvalue weighted by molar-refractivity contribution is 0.367. The molecule has 0 fully saturated rings. The van der Waals surface area contributed by atoms with Gasteiger partial charge in [0.05, 0.1) is 0 Å². The summed E-state index contributed by atoms with van der Waals surface area (Å²) in [6, 6.07) is 7.68. The average molecular weight is 269 g/mol. The zero-order valence-corrected chi connectivity index (χ0v) is 10.1. The molecule has 80 valence electrons. The first kappa shape index (κ1) is 12.0. The van der Waals surface area contributed by atoms with Gasteiger partial charge in [-0.3, -0.25) is 0 Å². The molecule has 0 aliphatic carbocycles. The summed E-state index contributed by atoms with van der Waals surface area (Å²) in [5.41, 5.74) is 6.83. The SMILES string of the molecule is CC(N)Cc1cc(OCC#N)ccc1Br. The standard InChI is InChI=1S/C11H13BrN2O/c1-8(14)6-9-7-10(15-5-4-13)2-3-11(9)12/h2-3,7-8H,5-6,14H2,1H3. The normalized spacial score (nSPS) is 11.9. The fourth-order valence-electron chi connectivity index (χ4n) is 1.26. The van der Waals surface area contributed by atoms with Crippen molar-refractivity contribution in [2.24, 2.45) is 5.73 Å². The molecule has 4 heteroatoms. The van der Waals surface area contributed by atoms with Crippen LogP contribution in [0.15, 0.2) is 22.7 Å². The topological polar surface area (TPSA) is 59.0 Å². The van der Waals surface area contributed by atoms with Crippen LogP contribution in [0.3, 0.4) is 0 Å². The second kappa shape index (κ2) is 5.74. The number of halogens is 1. The van der Waals surface area contributed by atoms with E-state index in [9.17, 15) is 0 Å². The third kappa shape index (κ3) is 3.90. The number of benzene rings is 1. The fourth-order valence-corrected chi connectivity index (χ4v) is 1.67. The number of ether oxygens (including phenoxy) is 1. The number of hydrogen-bond acceptors (Lipinski definition) is 3. The first-order valence-corrected chi connectivity index (χ1v) is 5.46. The zero-order valence-electron chi connectivity index (χ0n) is 8.53. The third-order valence-electron chi connectivity index (χ3n) is 1.86. The maximum absolute atomic E-state index is 8.39. The van der Waals surface area contributed by atoms with Crippen LogP contribution in [-0.2, 0) is 6.42 Å². The molecule has 0 heterocycles. The van der Waals surface area contributed by atoms with Gasteiger partial charge in [0.2, 0.25) is 0 Å². The molecule has 0 bridgehead atoms. The average Bonchev–Trinajstić information content (AvgIpc) is 2.18. The highest BCUT2D eigenvalue weighted by molar-refractivity contribution is 9.10. The highest BCUT2D eigenvalue weighted by atomic mass is 79.9. The highest BCUT2D eigenvalue weighted by Gasteiger charge is 2.05. The summed E-state index contributed by atoms with van der Waals surface area (Å²) in [6.45, 7) is 2.02. The smallest absolute Gasteiger partial charge is 0.174 e. The Hall–Kier alpha value is -1.05. The van der Waals surface area contributed by atoms with Crippen LogP contribution in [0.4, 0.5) is 0 Å². The summed E-state index contributed by atoms with van der Waals surface area (Å²) in [5, 5.41) is 8.39. The van der Waals surface area contributed by atoms with E-state index in [0.29, 0.717) is 5.75 Å². The van der Waals surface area contributed by atoms with Crippen molar-refractivity contribution in [2.75, 3.05) is 6.61 Å². The Balaban J connectivity index is 2.81. The van der Waals surface area contributed by atoms with E-state index >= 15 is 0 Å². The van der Waals surface area contributed by atoms with Gasteiger partial charge in [0.25, 0.3) is 0 Å². The van der Waals surface area contributed by atoms with Crippen LogP contribution in [0.25, 0.3) is 0 Å². The van der Waals surface area contributed by atoms with Gasteiger partial charge in [-0.1, -0.05) is 15.9 Å². The van der Waals surface area contributed by atoms with Crippen molar-refractivity contribution in [2.45, 2.75) is 19.4 Å². The lowest BCUT2D eigenvalue weighted by atomic mass is 10.1. The van der Waals surface area contributed by atoms with Crippen LogP contribution in [0.5, 0.6) is 5.75 Å². The van der Waals surface area contributed by atoms with E-state index in [-0.39, 0.29) is 12.6 Å². The van der Waals surface area contributed by atoms with E-state index in [1.807, 2.05) is 31.2 Å². The minimum Gasteiger partial charge on any atom is -0.479 e. The van der Waals surface area contributed by atoms with Gasteiger partial charge in [0.1, 0.15) is 11.8 Å². The number of hydrogen-bond donors (Lipinski definition) is 1. The van der Waals surface area contributed by atoms with Gasteiger partial charge in [-0.15, -0.1) is 0 Å².